The Balaban J connectivity index is 2.62. The molecular weight excluding hydrogens is 248 g/mol. The molecule has 0 N–H and O–H groups in total. The summed E-state index contributed by atoms with van der Waals surface area (Å²) in [5, 5.41) is 0. The van der Waals surface area contributed by atoms with Crippen molar-refractivity contribution in [3.63, 3.8) is 0 Å². The van der Waals surface area contributed by atoms with Crippen LogP contribution in [0.25, 0.3) is 0 Å². The molecule has 0 amide bonds. The van der Waals surface area contributed by atoms with Gasteiger partial charge < -0.3 is 9.47 Å². The van der Waals surface area contributed by atoms with Gasteiger partial charge in [0.05, 0.1) is 14.2 Å². The van der Waals surface area contributed by atoms with Crippen LogP contribution >= 0.6 is 0 Å². The van der Waals surface area contributed by atoms with Gasteiger partial charge in [0.25, 0.3) is 0 Å². The summed E-state index contributed by atoms with van der Waals surface area (Å²) < 4.78 is 10.1. The molecule has 5 heteroatoms. The summed E-state index contributed by atoms with van der Waals surface area (Å²) in [6, 6.07) is 0. The van der Waals surface area contributed by atoms with Gasteiger partial charge in [0.1, 0.15) is 5.76 Å². The van der Waals surface area contributed by atoms with E-state index in [1.54, 1.807) is 0 Å². The molecule has 2 atom stereocenters. The number of Topliss-reactive ketones (excluding diaryl/α,β-unsaturated/α-hetero) is 1. The number of carbonyl (C=O) groups is 3. The summed E-state index contributed by atoms with van der Waals surface area (Å²) in [4.78, 5) is 36.5. The maximum Gasteiger partial charge on any atom is 0.327 e. The van der Waals surface area contributed by atoms with Gasteiger partial charge in [-0.2, -0.15) is 0 Å². The Morgan fingerprint density at radius 1 is 1.32 bits per heavy atom. The first kappa shape index (κ1) is 13.8. The van der Waals surface area contributed by atoms with Crippen LogP contribution in [-0.4, -0.2) is 31.8 Å². The number of fused-ring (bicyclic) bond motifs is 1. The number of esters is 1. The summed E-state index contributed by atoms with van der Waals surface area (Å²) in [7, 11) is 2.64. The third kappa shape index (κ3) is 1.97. The fraction of sp³-hybridized carbons (Fsp3) is 0.643. The van der Waals surface area contributed by atoms with Crippen molar-refractivity contribution in [2.45, 2.75) is 32.1 Å². The standard InChI is InChI=1S/C14H18O5/c1-18-12-8-10(15)7-9-5-3-4-6-11(16)14(9,12)13(17)19-2/h8-9H,3-7H2,1-2H3/t9-,14-/m1/s1. The third-order valence-corrected chi connectivity index (χ3v) is 4.11. The van der Waals surface area contributed by atoms with Crippen molar-refractivity contribution in [1.29, 1.82) is 0 Å². The van der Waals surface area contributed by atoms with E-state index in [2.05, 4.69) is 0 Å². The van der Waals surface area contributed by atoms with Crippen molar-refractivity contribution in [3.8, 4) is 0 Å². The Morgan fingerprint density at radius 3 is 2.68 bits per heavy atom. The molecule has 0 unspecified atom stereocenters. The predicted molar refractivity (Wildman–Crippen MR) is 66.1 cm³/mol. The van der Waals surface area contributed by atoms with Crippen LogP contribution < -0.4 is 0 Å². The number of allylic oxidation sites excluding steroid dienone is 1. The number of rotatable bonds is 2. The highest BCUT2D eigenvalue weighted by Crippen LogP contribution is 2.48. The summed E-state index contributed by atoms with van der Waals surface area (Å²) in [5.74, 6) is -1.10. The van der Waals surface area contributed by atoms with Crippen LogP contribution in [0.1, 0.15) is 32.1 Å². The van der Waals surface area contributed by atoms with E-state index in [-0.39, 0.29) is 29.7 Å². The van der Waals surface area contributed by atoms with Crippen molar-refractivity contribution in [1.82, 2.24) is 0 Å². The van der Waals surface area contributed by atoms with Gasteiger partial charge in [-0.1, -0.05) is 6.42 Å². The summed E-state index contributed by atoms with van der Waals surface area (Å²) >= 11 is 0. The van der Waals surface area contributed by atoms with Gasteiger partial charge in [-0.25, -0.2) is 0 Å². The molecule has 0 heterocycles. The van der Waals surface area contributed by atoms with Crippen molar-refractivity contribution in [3.05, 3.63) is 11.8 Å². The second kappa shape index (κ2) is 5.15. The molecule has 2 aliphatic rings. The lowest BCUT2D eigenvalue weighted by Crippen LogP contribution is -2.50. The van der Waals surface area contributed by atoms with Crippen LogP contribution in [0.2, 0.25) is 0 Å². The first-order chi connectivity index (χ1) is 9.07. The minimum Gasteiger partial charge on any atom is -0.499 e. The Kier molecular flexibility index (Phi) is 3.73. The zero-order valence-electron chi connectivity index (χ0n) is 11.2. The molecule has 0 spiro atoms. The molecule has 0 aromatic heterocycles. The summed E-state index contributed by atoms with van der Waals surface area (Å²) in [6.07, 6.45) is 4.02. The van der Waals surface area contributed by atoms with E-state index in [0.717, 1.165) is 12.8 Å². The third-order valence-electron chi connectivity index (χ3n) is 4.11. The van der Waals surface area contributed by atoms with Crippen molar-refractivity contribution in [2.75, 3.05) is 14.2 Å². The maximum atomic E-state index is 12.5. The zero-order chi connectivity index (χ0) is 14.0. The summed E-state index contributed by atoms with van der Waals surface area (Å²) in [6.45, 7) is 0. The number of ether oxygens (including phenoxy) is 2. The Morgan fingerprint density at radius 2 is 2.05 bits per heavy atom. The molecule has 104 valence electrons. The van der Waals surface area contributed by atoms with Gasteiger partial charge in [0.2, 0.25) is 0 Å². The monoisotopic (exact) mass is 266 g/mol. The van der Waals surface area contributed by atoms with E-state index in [4.69, 9.17) is 9.47 Å². The first-order valence-corrected chi connectivity index (χ1v) is 6.48. The van der Waals surface area contributed by atoms with Crippen molar-refractivity contribution < 1.29 is 23.9 Å². The molecule has 5 nitrogen and oxygen atoms in total. The lowest BCUT2D eigenvalue weighted by Gasteiger charge is -2.38. The predicted octanol–water partition coefficient (Wildman–Crippen LogP) is 1.41. The second-order valence-electron chi connectivity index (χ2n) is 5.05. The molecule has 0 aromatic carbocycles. The van der Waals surface area contributed by atoms with Crippen LogP contribution in [0.15, 0.2) is 11.8 Å². The minimum atomic E-state index is -1.41. The van der Waals surface area contributed by atoms with E-state index in [1.807, 2.05) is 0 Å². The molecule has 1 saturated carbocycles. The van der Waals surface area contributed by atoms with Crippen LogP contribution in [0, 0.1) is 11.3 Å². The van der Waals surface area contributed by atoms with Crippen LogP contribution in [-0.2, 0) is 23.9 Å². The molecule has 2 aliphatic carbocycles. The van der Waals surface area contributed by atoms with E-state index in [9.17, 15) is 14.4 Å². The van der Waals surface area contributed by atoms with Gasteiger partial charge in [-0.3, -0.25) is 14.4 Å². The number of hydrogen-bond donors (Lipinski definition) is 0. The smallest absolute Gasteiger partial charge is 0.327 e. The SMILES string of the molecule is COC(=O)[C@@]12C(=O)CCCC[C@@H]1CC(=O)C=C2OC. The Labute approximate surface area is 111 Å². The fourth-order valence-electron chi connectivity index (χ4n) is 3.24. The highest BCUT2D eigenvalue weighted by Gasteiger charge is 2.59. The van der Waals surface area contributed by atoms with Gasteiger partial charge in [0, 0.05) is 18.9 Å². The molecule has 0 bridgehead atoms. The maximum absolute atomic E-state index is 12.5. The molecule has 0 aromatic rings. The average molecular weight is 266 g/mol. The molecule has 0 saturated heterocycles. The van der Waals surface area contributed by atoms with Crippen LogP contribution in [0.5, 0.6) is 0 Å². The normalized spacial score (nSPS) is 31.1. The molecular formula is C14H18O5. The first-order valence-electron chi connectivity index (χ1n) is 6.48. The van der Waals surface area contributed by atoms with Crippen molar-refractivity contribution in [2.24, 2.45) is 11.3 Å². The van der Waals surface area contributed by atoms with Crippen LogP contribution in [0.3, 0.4) is 0 Å². The van der Waals surface area contributed by atoms with Gasteiger partial charge in [-0.05, 0) is 18.8 Å². The molecule has 2 rings (SSSR count). The minimum absolute atomic E-state index is 0.101. The topological polar surface area (TPSA) is 69.7 Å². The summed E-state index contributed by atoms with van der Waals surface area (Å²) in [5.41, 5.74) is -1.41. The van der Waals surface area contributed by atoms with E-state index >= 15 is 0 Å². The second-order valence-corrected chi connectivity index (χ2v) is 5.05. The number of carbonyl (C=O) groups excluding carboxylic acids is 3. The van der Waals surface area contributed by atoms with E-state index < -0.39 is 11.4 Å². The van der Waals surface area contributed by atoms with Gasteiger partial charge >= 0.3 is 5.97 Å². The molecule has 1 fully saturated rings. The average Bonchev–Trinajstić information content (AvgIpc) is 2.57. The van der Waals surface area contributed by atoms with E-state index in [0.29, 0.717) is 12.8 Å². The Bertz CT molecular complexity index is 451. The fourth-order valence-corrected chi connectivity index (χ4v) is 3.24. The largest absolute Gasteiger partial charge is 0.499 e. The molecule has 0 aliphatic heterocycles. The number of ketones is 2. The van der Waals surface area contributed by atoms with Crippen molar-refractivity contribution >= 4 is 17.5 Å². The number of hydrogen-bond acceptors (Lipinski definition) is 5. The quantitative estimate of drug-likeness (QED) is 0.558. The van der Waals surface area contributed by atoms with Gasteiger partial charge in [0.15, 0.2) is 17.0 Å². The zero-order valence-corrected chi connectivity index (χ0v) is 11.2. The van der Waals surface area contributed by atoms with E-state index in [1.165, 1.54) is 20.3 Å². The molecule has 0 radical (unpaired) electrons. The molecule has 19 heavy (non-hydrogen) atoms. The highest BCUT2D eigenvalue weighted by molar-refractivity contribution is 6.10. The lowest BCUT2D eigenvalue weighted by atomic mass is 9.65. The Hall–Kier alpha value is -1.65. The van der Waals surface area contributed by atoms with Crippen LogP contribution in [0.4, 0.5) is 0 Å². The highest BCUT2D eigenvalue weighted by atomic mass is 16.5. The number of methoxy groups -OCH3 is 2. The lowest BCUT2D eigenvalue weighted by molar-refractivity contribution is -0.162. The van der Waals surface area contributed by atoms with Gasteiger partial charge in [-0.15, -0.1) is 0 Å².